The van der Waals surface area contributed by atoms with E-state index in [1.807, 2.05) is 6.07 Å². The molecule has 0 bridgehead atoms. The van der Waals surface area contributed by atoms with E-state index in [0.29, 0.717) is 12.5 Å². The third-order valence-corrected chi connectivity index (χ3v) is 5.14. The smallest absolute Gasteiger partial charge is 0.152 e. The lowest BCUT2D eigenvalue weighted by atomic mass is 9.94. The highest BCUT2D eigenvalue weighted by Crippen LogP contribution is 2.24. The van der Waals surface area contributed by atoms with Gasteiger partial charge in [-0.05, 0) is 25.2 Å². The molecule has 8 heteroatoms. The van der Waals surface area contributed by atoms with Gasteiger partial charge in [0.1, 0.15) is 23.8 Å². The lowest BCUT2D eigenvalue weighted by Gasteiger charge is -2.35. The maximum atomic E-state index is 5.95. The zero-order chi connectivity index (χ0) is 17.9. The van der Waals surface area contributed by atoms with E-state index >= 15 is 0 Å². The summed E-state index contributed by atoms with van der Waals surface area (Å²) in [6.07, 6.45) is 6.16. The Hall–Kier alpha value is -2.22. The molecular weight excluding hydrogens is 330 g/mol. The highest BCUT2D eigenvalue weighted by Gasteiger charge is 2.28. The van der Waals surface area contributed by atoms with Crippen molar-refractivity contribution in [3.05, 3.63) is 24.0 Å². The fourth-order valence-corrected chi connectivity index (χ4v) is 3.85. The van der Waals surface area contributed by atoms with Gasteiger partial charge in [-0.1, -0.05) is 13.8 Å². The van der Waals surface area contributed by atoms with E-state index in [-0.39, 0.29) is 12.1 Å². The van der Waals surface area contributed by atoms with Crippen LogP contribution in [0, 0.1) is 5.92 Å². The third-order valence-electron chi connectivity index (χ3n) is 5.14. The fraction of sp³-hybridized carbons (Fsp3) is 0.667. The maximum absolute atomic E-state index is 5.95. The van der Waals surface area contributed by atoms with Crippen molar-refractivity contribution >= 4 is 11.6 Å². The quantitative estimate of drug-likeness (QED) is 0.819. The lowest BCUT2D eigenvalue weighted by Crippen LogP contribution is -2.43. The van der Waals surface area contributed by atoms with Gasteiger partial charge < -0.3 is 19.9 Å². The number of aromatic nitrogens is 5. The normalized spacial score (nSPS) is 22.4. The largest absolute Gasteiger partial charge is 0.376 e. The summed E-state index contributed by atoms with van der Waals surface area (Å²) < 4.78 is 8.15. The minimum Gasteiger partial charge on any atom is -0.376 e. The molecule has 0 spiro atoms. The molecule has 26 heavy (non-hydrogen) atoms. The Morgan fingerprint density at radius 1 is 1.23 bits per heavy atom. The average Bonchev–Trinajstić information content (AvgIpc) is 3.25. The average molecular weight is 357 g/mol. The molecule has 2 aliphatic rings. The van der Waals surface area contributed by atoms with Gasteiger partial charge in [0.25, 0.3) is 0 Å². The first-order chi connectivity index (χ1) is 12.7. The predicted molar refractivity (Wildman–Crippen MR) is 98.9 cm³/mol. The van der Waals surface area contributed by atoms with E-state index in [1.165, 1.54) is 0 Å². The number of aryl methyl sites for hydroxylation is 1. The van der Waals surface area contributed by atoms with Crippen LogP contribution in [0.15, 0.2) is 12.4 Å². The summed E-state index contributed by atoms with van der Waals surface area (Å²) in [5.41, 5.74) is 0. The number of fused-ring (bicyclic) bond motifs is 1. The van der Waals surface area contributed by atoms with Crippen LogP contribution in [0.2, 0.25) is 0 Å². The maximum Gasteiger partial charge on any atom is 0.152 e. The molecule has 2 N–H and O–H groups in total. The number of rotatable bonds is 6. The van der Waals surface area contributed by atoms with Crippen LogP contribution in [0.3, 0.4) is 0 Å². The van der Waals surface area contributed by atoms with E-state index in [4.69, 9.17) is 4.74 Å². The molecule has 0 saturated carbocycles. The topological polar surface area (TPSA) is 89.8 Å². The number of nitrogens with one attached hydrogen (secondary N) is 2. The van der Waals surface area contributed by atoms with Gasteiger partial charge in [0.2, 0.25) is 0 Å². The van der Waals surface area contributed by atoms with Crippen molar-refractivity contribution in [3.63, 3.8) is 0 Å². The number of ether oxygens (including phenoxy) is 1. The van der Waals surface area contributed by atoms with Crippen molar-refractivity contribution in [2.45, 2.75) is 64.8 Å². The highest BCUT2D eigenvalue weighted by atomic mass is 16.5. The first-order valence-electron chi connectivity index (χ1n) is 9.55. The summed E-state index contributed by atoms with van der Waals surface area (Å²) in [6, 6.07) is 2.24. The van der Waals surface area contributed by atoms with Crippen molar-refractivity contribution in [1.29, 1.82) is 0 Å². The van der Waals surface area contributed by atoms with Gasteiger partial charge in [0, 0.05) is 25.6 Å². The van der Waals surface area contributed by atoms with Crippen LogP contribution in [-0.2, 0) is 24.2 Å². The Bertz CT molecular complexity index is 745. The second-order valence-electron chi connectivity index (χ2n) is 7.40. The minimum atomic E-state index is 0.216. The van der Waals surface area contributed by atoms with Crippen LogP contribution in [0.1, 0.15) is 44.8 Å². The molecule has 8 nitrogen and oxygen atoms in total. The summed E-state index contributed by atoms with van der Waals surface area (Å²) in [5.74, 6) is 4.14. The summed E-state index contributed by atoms with van der Waals surface area (Å²) in [6.45, 7) is 6.88. The fourth-order valence-electron chi connectivity index (χ4n) is 3.85. The zero-order valence-corrected chi connectivity index (χ0v) is 15.5. The van der Waals surface area contributed by atoms with Gasteiger partial charge in [-0.15, -0.1) is 10.2 Å². The molecule has 2 atom stereocenters. The van der Waals surface area contributed by atoms with Crippen LogP contribution in [0.4, 0.5) is 11.6 Å². The molecule has 4 heterocycles. The standard InChI is InChI=1S/C18H27N7O/c1-12(2)18-13(5-4-8-26-18)22-15-9-14(20-11-21-15)19-10-17-24-23-16-6-3-7-25(16)17/h9,11-13,18H,3-8,10H2,1-2H3,(H2,19,20,21,22)/t13-,18+/m0/s1. The molecule has 0 amide bonds. The van der Waals surface area contributed by atoms with Crippen LogP contribution in [0.5, 0.6) is 0 Å². The second-order valence-corrected chi connectivity index (χ2v) is 7.40. The first-order valence-corrected chi connectivity index (χ1v) is 9.55. The van der Waals surface area contributed by atoms with Gasteiger partial charge in [0.15, 0.2) is 5.82 Å². The molecule has 0 aromatic carbocycles. The number of hydrogen-bond donors (Lipinski definition) is 2. The third kappa shape index (κ3) is 3.65. The van der Waals surface area contributed by atoms with Gasteiger partial charge in [0.05, 0.1) is 18.7 Å². The van der Waals surface area contributed by atoms with Gasteiger partial charge in [-0.25, -0.2) is 9.97 Å². The Balaban J connectivity index is 1.40. The van der Waals surface area contributed by atoms with Crippen LogP contribution >= 0.6 is 0 Å². The van der Waals surface area contributed by atoms with Gasteiger partial charge >= 0.3 is 0 Å². The Labute approximate surface area is 153 Å². The van der Waals surface area contributed by atoms with Crippen molar-refractivity contribution in [1.82, 2.24) is 24.7 Å². The molecule has 1 saturated heterocycles. The van der Waals surface area contributed by atoms with Crippen molar-refractivity contribution in [2.75, 3.05) is 17.2 Å². The second kappa shape index (κ2) is 7.57. The number of hydrogen-bond acceptors (Lipinski definition) is 7. The van der Waals surface area contributed by atoms with Crippen LogP contribution in [-0.4, -0.2) is 43.5 Å². The van der Waals surface area contributed by atoms with Crippen LogP contribution < -0.4 is 10.6 Å². The van der Waals surface area contributed by atoms with Gasteiger partial charge in [-0.3, -0.25) is 0 Å². The Kier molecular flexibility index (Phi) is 5.01. The molecule has 140 valence electrons. The van der Waals surface area contributed by atoms with E-state index < -0.39 is 0 Å². The molecule has 0 aliphatic carbocycles. The molecule has 1 fully saturated rings. The van der Waals surface area contributed by atoms with Gasteiger partial charge in [-0.2, -0.15) is 0 Å². The monoisotopic (exact) mass is 357 g/mol. The minimum absolute atomic E-state index is 0.216. The van der Waals surface area contributed by atoms with Crippen molar-refractivity contribution in [3.8, 4) is 0 Å². The Morgan fingerprint density at radius 2 is 2.12 bits per heavy atom. The highest BCUT2D eigenvalue weighted by molar-refractivity contribution is 5.47. The number of anilines is 2. The van der Waals surface area contributed by atoms with Crippen molar-refractivity contribution < 1.29 is 4.74 Å². The zero-order valence-electron chi connectivity index (χ0n) is 15.5. The molecule has 2 aromatic rings. The van der Waals surface area contributed by atoms with Crippen LogP contribution in [0.25, 0.3) is 0 Å². The van der Waals surface area contributed by atoms with E-state index in [2.05, 4.69) is 49.2 Å². The van der Waals surface area contributed by atoms with E-state index in [1.54, 1.807) is 6.33 Å². The molecule has 2 aromatic heterocycles. The molecule has 4 rings (SSSR count). The first kappa shape index (κ1) is 17.2. The lowest BCUT2D eigenvalue weighted by molar-refractivity contribution is -0.0203. The van der Waals surface area contributed by atoms with E-state index in [9.17, 15) is 0 Å². The molecular formula is C18H27N7O. The summed E-state index contributed by atoms with van der Waals surface area (Å²) in [5, 5.41) is 15.4. The van der Waals surface area contributed by atoms with Crippen molar-refractivity contribution in [2.24, 2.45) is 5.92 Å². The summed E-state index contributed by atoms with van der Waals surface area (Å²) >= 11 is 0. The van der Waals surface area contributed by atoms with E-state index in [0.717, 1.165) is 62.1 Å². The number of nitrogens with zero attached hydrogens (tertiary/aromatic N) is 5. The molecule has 0 unspecified atom stereocenters. The molecule has 0 radical (unpaired) electrons. The summed E-state index contributed by atoms with van der Waals surface area (Å²) in [7, 11) is 0. The molecule has 2 aliphatic heterocycles. The Morgan fingerprint density at radius 3 is 3.00 bits per heavy atom. The summed E-state index contributed by atoms with van der Waals surface area (Å²) in [4.78, 5) is 8.71. The predicted octanol–water partition coefficient (Wildman–Crippen LogP) is 2.24. The SMILES string of the molecule is CC(C)[C@H]1OCCC[C@@H]1Nc1cc(NCc2nnc3n2CCC3)ncn1.